The van der Waals surface area contributed by atoms with E-state index in [-0.39, 0.29) is 48.7 Å². The Balaban J connectivity index is 1.89. The van der Waals surface area contributed by atoms with Gasteiger partial charge in [-0.25, -0.2) is 8.42 Å². The minimum Gasteiger partial charge on any atom is -0.379 e. The van der Waals surface area contributed by atoms with Crippen LogP contribution in [0.25, 0.3) is 0 Å². The quantitative estimate of drug-likeness (QED) is 0.429. The third-order valence-electron chi connectivity index (χ3n) is 5.68. The minimum absolute atomic E-state index is 0.0701. The summed E-state index contributed by atoms with van der Waals surface area (Å²) in [7, 11) is -3.90. The second-order valence-electron chi connectivity index (χ2n) is 8.63. The van der Waals surface area contributed by atoms with E-state index in [1.165, 1.54) is 16.4 Å². The summed E-state index contributed by atoms with van der Waals surface area (Å²) < 4.78 is 32.3. The fourth-order valence-corrected chi connectivity index (χ4v) is 5.09. The number of rotatable bonds is 8. The molecule has 1 aliphatic rings. The smallest absolute Gasteiger partial charge is 0.293 e. The van der Waals surface area contributed by atoms with E-state index in [9.17, 15) is 23.3 Å². The Morgan fingerprint density at radius 2 is 1.76 bits per heavy atom. The standard InChI is InChI=1S/C23H30N4O6S/c1-15(2)22(23(28)25-20-13-16(3)5-6-17(20)4)24-19-8-7-18(14-21(19)27(29)30)34(31,32)26-9-11-33-12-10-26/h5-8,13-15,22,24H,9-12H2,1-4H3,(H,25,28)/t22-/m1/s1. The molecule has 2 aromatic rings. The number of amides is 1. The summed E-state index contributed by atoms with van der Waals surface area (Å²) in [5, 5.41) is 17.7. The van der Waals surface area contributed by atoms with E-state index in [0.29, 0.717) is 5.69 Å². The van der Waals surface area contributed by atoms with E-state index in [1.807, 2.05) is 45.9 Å². The number of carbonyl (C=O) groups excluding carboxylic acids is 1. The van der Waals surface area contributed by atoms with Crippen molar-refractivity contribution < 1.29 is 22.9 Å². The summed E-state index contributed by atoms with van der Waals surface area (Å²) in [6.45, 7) is 8.36. The maximum atomic E-state index is 13.1. The van der Waals surface area contributed by atoms with Crippen molar-refractivity contribution in [2.75, 3.05) is 36.9 Å². The predicted molar refractivity (Wildman–Crippen MR) is 129 cm³/mol. The van der Waals surface area contributed by atoms with Crippen LogP contribution in [0, 0.1) is 29.9 Å². The Kier molecular flexibility index (Phi) is 7.90. The zero-order valence-corrected chi connectivity index (χ0v) is 20.5. The van der Waals surface area contributed by atoms with Crippen LogP contribution in [-0.4, -0.2) is 55.9 Å². The molecule has 0 aromatic heterocycles. The lowest BCUT2D eigenvalue weighted by Gasteiger charge is -2.26. The molecule has 0 spiro atoms. The summed E-state index contributed by atoms with van der Waals surface area (Å²) in [5.74, 6) is -0.551. The molecule has 34 heavy (non-hydrogen) atoms. The van der Waals surface area contributed by atoms with Crippen LogP contribution in [0.3, 0.4) is 0 Å². The van der Waals surface area contributed by atoms with Gasteiger partial charge in [-0.2, -0.15) is 4.31 Å². The molecule has 3 rings (SSSR count). The molecule has 2 N–H and O–H groups in total. The molecule has 184 valence electrons. The summed E-state index contributed by atoms with van der Waals surface area (Å²) in [6.07, 6.45) is 0. The van der Waals surface area contributed by atoms with E-state index in [2.05, 4.69) is 10.6 Å². The number of benzene rings is 2. The number of nitrogens with zero attached hydrogens (tertiary/aromatic N) is 2. The van der Waals surface area contributed by atoms with Crippen LogP contribution >= 0.6 is 0 Å². The van der Waals surface area contributed by atoms with Gasteiger partial charge in [0.2, 0.25) is 15.9 Å². The average molecular weight is 491 g/mol. The van der Waals surface area contributed by atoms with Gasteiger partial charge in [0.1, 0.15) is 11.7 Å². The van der Waals surface area contributed by atoms with Crippen molar-refractivity contribution in [3.63, 3.8) is 0 Å². The van der Waals surface area contributed by atoms with Crippen LogP contribution in [0.2, 0.25) is 0 Å². The van der Waals surface area contributed by atoms with E-state index in [0.717, 1.165) is 17.2 Å². The third-order valence-corrected chi connectivity index (χ3v) is 7.58. The molecule has 0 saturated carbocycles. The van der Waals surface area contributed by atoms with E-state index < -0.39 is 26.7 Å². The molecule has 11 heteroatoms. The lowest BCUT2D eigenvalue weighted by atomic mass is 10.0. The lowest BCUT2D eigenvalue weighted by molar-refractivity contribution is -0.384. The van der Waals surface area contributed by atoms with Crippen molar-refractivity contribution in [2.24, 2.45) is 5.92 Å². The fourth-order valence-electron chi connectivity index (χ4n) is 3.66. The highest BCUT2D eigenvalue weighted by molar-refractivity contribution is 7.89. The van der Waals surface area contributed by atoms with Crippen LogP contribution in [0.5, 0.6) is 0 Å². The SMILES string of the molecule is Cc1ccc(C)c(NC(=O)[C@H](Nc2ccc(S(=O)(=O)N3CCOCC3)cc2[N+](=O)[O-])C(C)C)c1. The van der Waals surface area contributed by atoms with Crippen molar-refractivity contribution in [3.8, 4) is 0 Å². The van der Waals surface area contributed by atoms with Gasteiger partial charge in [-0.05, 0) is 49.1 Å². The van der Waals surface area contributed by atoms with Gasteiger partial charge < -0.3 is 15.4 Å². The third kappa shape index (κ3) is 5.72. The van der Waals surface area contributed by atoms with Crippen molar-refractivity contribution in [3.05, 3.63) is 57.6 Å². The first-order valence-electron chi connectivity index (χ1n) is 11.0. The fraction of sp³-hybridized carbons (Fsp3) is 0.435. The summed E-state index contributed by atoms with van der Waals surface area (Å²) in [4.78, 5) is 24.1. The number of hydrogen-bond acceptors (Lipinski definition) is 7. The van der Waals surface area contributed by atoms with Crippen molar-refractivity contribution >= 4 is 33.0 Å². The van der Waals surface area contributed by atoms with Crippen molar-refractivity contribution in [2.45, 2.75) is 38.6 Å². The normalized spacial score (nSPS) is 15.7. The number of morpholine rings is 1. The zero-order valence-electron chi connectivity index (χ0n) is 19.7. The molecule has 1 amide bonds. The van der Waals surface area contributed by atoms with Gasteiger partial charge in [-0.3, -0.25) is 14.9 Å². The number of ether oxygens (including phenoxy) is 1. The molecule has 1 fully saturated rings. The molecule has 0 bridgehead atoms. The van der Waals surface area contributed by atoms with Gasteiger partial charge >= 0.3 is 0 Å². The number of anilines is 2. The molecular weight excluding hydrogens is 460 g/mol. The van der Waals surface area contributed by atoms with Crippen LogP contribution in [0.15, 0.2) is 41.3 Å². The zero-order chi connectivity index (χ0) is 25.0. The molecule has 1 saturated heterocycles. The molecule has 2 aromatic carbocycles. The Morgan fingerprint density at radius 1 is 1.09 bits per heavy atom. The molecule has 1 aliphatic heterocycles. The van der Waals surface area contributed by atoms with Crippen LogP contribution in [0.1, 0.15) is 25.0 Å². The summed E-state index contributed by atoms with van der Waals surface area (Å²) >= 11 is 0. The molecular formula is C23H30N4O6S. The number of carbonyl (C=O) groups is 1. The highest BCUT2D eigenvalue weighted by Crippen LogP contribution is 2.31. The van der Waals surface area contributed by atoms with Crippen LogP contribution in [-0.2, 0) is 19.6 Å². The summed E-state index contributed by atoms with van der Waals surface area (Å²) in [5.41, 5.74) is 2.20. The average Bonchev–Trinajstić information content (AvgIpc) is 2.80. The number of hydrogen-bond donors (Lipinski definition) is 2. The van der Waals surface area contributed by atoms with E-state index in [1.54, 1.807) is 0 Å². The molecule has 1 heterocycles. The molecule has 10 nitrogen and oxygen atoms in total. The number of nitro benzene ring substituents is 1. The van der Waals surface area contributed by atoms with E-state index in [4.69, 9.17) is 4.74 Å². The van der Waals surface area contributed by atoms with Gasteiger partial charge in [0.05, 0.1) is 23.0 Å². The Morgan fingerprint density at radius 3 is 2.38 bits per heavy atom. The number of nitro groups is 1. The predicted octanol–water partition coefficient (Wildman–Crippen LogP) is 3.31. The Bertz CT molecular complexity index is 1180. The second-order valence-corrected chi connectivity index (χ2v) is 10.6. The van der Waals surface area contributed by atoms with Crippen LogP contribution in [0.4, 0.5) is 17.1 Å². The first kappa shape index (κ1) is 25.6. The van der Waals surface area contributed by atoms with Crippen molar-refractivity contribution in [1.29, 1.82) is 0 Å². The molecule has 0 radical (unpaired) electrons. The highest BCUT2D eigenvalue weighted by Gasteiger charge is 2.30. The maximum absolute atomic E-state index is 13.1. The summed E-state index contributed by atoms with van der Waals surface area (Å²) in [6, 6.07) is 8.61. The minimum atomic E-state index is -3.90. The molecule has 0 aliphatic carbocycles. The van der Waals surface area contributed by atoms with Gasteiger partial charge in [0.25, 0.3) is 5.69 Å². The maximum Gasteiger partial charge on any atom is 0.293 e. The topological polar surface area (TPSA) is 131 Å². The molecule has 1 atom stereocenters. The monoisotopic (exact) mass is 490 g/mol. The Hall–Kier alpha value is -3.02. The second kappa shape index (κ2) is 10.5. The number of aryl methyl sites for hydroxylation is 2. The van der Waals surface area contributed by atoms with Gasteiger partial charge in [-0.15, -0.1) is 0 Å². The van der Waals surface area contributed by atoms with Gasteiger partial charge in [0, 0.05) is 24.8 Å². The van der Waals surface area contributed by atoms with Crippen molar-refractivity contribution in [1.82, 2.24) is 4.31 Å². The number of sulfonamides is 1. The van der Waals surface area contributed by atoms with Crippen LogP contribution < -0.4 is 10.6 Å². The largest absolute Gasteiger partial charge is 0.379 e. The van der Waals surface area contributed by atoms with E-state index >= 15 is 0 Å². The first-order chi connectivity index (χ1) is 16.0. The Labute approximate surface area is 199 Å². The van der Waals surface area contributed by atoms with Gasteiger partial charge in [0.15, 0.2) is 0 Å². The highest BCUT2D eigenvalue weighted by atomic mass is 32.2. The first-order valence-corrected chi connectivity index (χ1v) is 12.5. The van der Waals surface area contributed by atoms with Gasteiger partial charge in [-0.1, -0.05) is 26.0 Å². The molecule has 0 unspecified atom stereocenters. The lowest BCUT2D eigenvalue weighted by Crippen LogP contribution is -2.40. The number of nitrogens with one attached hydrogen (secondary N) is 2.